The molecular formula is C13H13N3O3S. The topological polar surface area (TPSA) is 94.3 Å². The van der Waals surface area contributed by atoms with Crippen LogP contribution in [0.2, 0.25) is 0 Å². The van der Waals surface area contributed by atoms with Gasteiger partial charge in [-0.1, -0.05) is 30.3 Å². The highest BCUT2D eigenvalue weighted by Gasteiger charge is 2.17. The van der Waals surface area contributed by atoms with Crippen molar-refractivity contribution in [3.05, 3.63) is 35.7 Å². The quantitative estimate of drug-likeness (QED) is 0.903. The number of anilines is 1. The van der Waals surface area contributed by atoms with Crippen LogP contribution in [-0.4, -0.2) is 23.1 Å². The van der Waals surface area contributed by atoms with Gasteiger partial charge in [0.25, 0.3) is 5.91 Å². The molecule has 0 fully saturated rings. The molecule has 0 bridgehead atoms. The van der Waals surface area contributed by atoms with Crippen LogP contribution in [0.25, 0.3) is 11.3 Å². The van der Waals surface area contributed by atoms with Crippen molar-refractivity contribution in [2.45, 2.75) is 13.0 Å². The molecule has 0 spiro atoms. The summed E-state index contributed by atoms with van der Waals surface area (Å²) in [6.07, 6.45) is -1.95. The van der Waals surface area contributed by atoms with Crippen molar-refractivity contribution in [3.63, 3.8) is 0 Å². The van der Waals surface area contributed by atoms with Gasteiger partial charge in [0.05, 0.1) is 5.69 Å². The van der Waals surface area contributed by atoms with Crippen LogP contribution in [0.15, 0.2) is 35.7 Å². The predicted molar refractivity (Wildman–Crippen MR) is 76.3 cm³/mol. The van der Waals surface area contributed by atoms with Crippen molar-refractivity contribution in [1.29, 1.82) is 0 Å². The maximum Gasteiger partial charge on any atom is 0.405 e. The number of aromatic nitrogens is 1. The Morgan fingerprint density at radius 3 is 2.70 bits per heavy atom. The summed E-state index contributed by atoms with van der Waals surface area (Å²) in [5, 5.41) is 4.85. The highest BCUT2D eigenvalue weighted by molar-refractivity contribution is 7.14. The third kappa shape index (κ3) is 3.55. The number of primary amides is 1. The minimum Gasteiger partial charge on any atom is -0.437 e. The number of nitrogens with two attached hydrogens (primary N) is 1. The van der Waals surface area contributed by atoms with Gasteiger partial charge in [0.15, 0.2) is 11.2 Å². The summed E-state index contributed by atoms with van der Waals surface area (Å²) < 4.78 is 4.58. The van der Waals surface area contributed by atoms with Crippen molar-refractivity contribution >= 4 is 28.5 Å². The van der Waals surface area contributed by atoms with Gasteiger partial charge in [0.2, 0.25) is 0 Å². The van der Waals surface area contributed by atoms with E-state index in [0.717, 1.165) is 11.3 Å². The zero-order valence-electron chi connectivity index (χ0n) is 10.7. The van der Waals surface area contributed by atoms with Crippen molar-refractivity contribution in [3.8, 4) is 11.3 Å². The number of hydrogen-bond acceptors (Lipinski definition) is 5. The Morgan fingerprint density at radius 1 is 1.35 bits per heavy atom. The Morgan fingerprint density at radius 2 is 2.05 bits per heavy atom. The lowest BCUT2D eigenvalue weighted by atomic mass is 10.2. The zero-order valence-corrected chi connectivity index (χ0v) is 11.5. The minimum absolute atomic E-state index is 0.439. The van der Waals surface area contributed by atoms with Crippen molar-refractivity contribution in [1.82, 2.24) is 4.98 Å². The molecule has 7 heteroatoms. The maximum absolute atomic E-state index is 11.7. The van der Waals surface area contributed by atoms with E-state index in [9.17, 15) is 9.59 Å². The Bertz CT molecular complexity index is 612. The van der Waals surface area contributed by atoms with Gasteiger partial charge in [-0.3, -0.25) is 10.1 Å². The van der Waals surface area contributed by atoms with Gasteiger partial charge < -0.3 is 10.5 Å². The fourth-order valence-corrected chi connectivity index (χ4v) is 2.23. The Hall–Kier alpha value is -2.41. The van der Waals surface area contributed by atoms with Crippen LogP contribution in [0.1, 0.15) is 6.92 Å². The van der Waals surface area contributed by atoms with Crippen LogP contribution in [0.4, 0.5) is 9.93 Å². The second-order valence-electron chi connectivity index (χ2n) is 3.97. The molecule has 1 heterocycles. The van der Waals surface area contributed by atoms with E-state index in [0.29, 0.717) is 5.13 Å². The number of ether oxygens (including phenoxy) is 1. The molecule has 0 aliphatic rings. The number of thiazole rings is 1. The van der Waals surface area contributed by atoms with E-state index in [2.05, 4.69) is 15.0 Å². The second kappa shape index (κ2) is 6.16. The van der Waals surface area contributed by atoms with Gasteiger partial charge >= 0.3 is 6.09 Å². The molecule has 0 saturated carbocycles. The molecule has 104 valence electrons. The normalized spacial score (nSPS) is 11.7. The molecule has 1 unspecified atom stereocenters. The lowest BCUT2D eigenvalue weighted by molar-refractivity contribution is -0.123. The Balaban J connectivity index is 2.03. The number of nitrogens with one attached hydrogen (secondary N) is 1. The molecule has 2 aromatic rings. The summed E-state index contributed by atoms with van der Waals surface area (Å²) in [7, 11) is 0. The first-order valence-corrected chi connectivity index (χ1v) is 6.72. The van der Waals surface area contributed by atoms with Crippen LogP contribution in [-0.2, 0) is 9.53 Å². The van der Waals surface area contributed by atoms with Crippen molar-refractivity contribution in [2.24, 2.45) is 5.73 Å². The molecule has 0 saturated heterocycles. The molecular weight excluding hydrogens is 278 g/mol. The number of hydrogen-bond donors (Lipinski definition) is 2. The van der Waals surface area contributed by atoms with Gasteiger partial charge in [-0.15, -0.1) is 11.3 Å². The molecule has 1 atom stereocenters. The van der Waals surface area contributed by atoms with Crippen LogP contribution in [0, 0.1) is 0 Å². The molecule has 2 rings (SSSR count). The third-order valence-corrected chi connectivity index (χ3v) is 3.22. The van der Waals surface area contributed by atoms with E-state index < -0.39 is 18.1 Å². The minimum atomic E-state index is -0.989. The van der Waals surface area contributed by atoms with E-state index >= 15 is 0 Å². The summed E-state index contributed by atoms with van der Waals surface area (Å²) in [6.45, 7) is 1.44. The maximum atomic E-state index is 11.7. The van der Waals surface area contributed by atoms with Crippen LogP contribution >= 0.6 is 11.3 Å². The zero-order chi connectivity index (χ0) is 14.5. The number of nitrogens with zero attached hydrogens (tertiary/aromatic N) is 1. The monoisotopic (exact) mass is 291 g/mol. The fourth-order valence-electron chi connectivity index (χ4n) is 1.51. The van der Waals surface area contributed by atoms with Crippen LogP contribution in [0.3, 0.4) is 0 Å². The number of benzene rings is 1. The number of rotatable bonds is 4. The standard InChI is InChI=1S/C13H13N3O3S/c1-8(19-12(14)18)11(17)16-13-15-10(7-20-13)9-5-3-2-4-6-9/h2-8H,1H3,(H2,14,18)(H,15,16,17). The molecule has 1 aromatic carbocycles. The van der Waals surface area contributed by atoms with Gasteiger partial charge in [0.1, 0.15) is 0 Å². The SMILES string of the molecule is CC(OC(N)=O)C(=O)Nc1nc(-c2ccccc2)cs1. The predicted octanol–water partition coefficient (Wildman–Crippen LogP) is 2.23. The van der Waals surface area contributed by atoms with Crippen LogP contribution < -0.4 is 11.1 Å². The van der Waals surface area contributed by atoms with Crippen molar-refractivity contribution in [2.75, 3.05) is 5.32 Å². The first-order chi connectivity index (χ1) is 9.56. The van der Waals surface area contributed by atoms with E-state index in [4.69, 9.17) is 5.73 Å². The molecule has 0 aliphatic carbocycles. The average Bonchev–Trinajstić information content (AvgIpc) is 2.87. The van der Waals surface area contributed by atoms with E-state index in [1.807, 2.05) is 35.7 Å². The second-order valence-corrected chi connectivity index (χ2v) is 4.83. The number of carbonyl (C=O) groups excluding carboxylic acids is 2. The lowest BCUT2D eigenvalue weighted by Gasteiger charge is -2.09. The van der Waals surface area contributed by atoms with Crippen LogP contribution in [0.5, 0.6) is 0 Å². The summed E-state index contributed by atoms with van der Waals surface area (Å²) in [6, 6.07) is 9.60. The highest BCUT2D eigenvalue weighted by atomic mass is 32.1. The molecule has 20 heavy (non-hydrogen) atoms. The molecule has 0 aliphatic heterocycles. The van der Waals surface area contributed by atoms with Gasteiger partial charge in [-0.25, -0.2) is 9.78 Å². The van der Waals surface area contributed by atoms with Gasteiger partial charge in [-0.05, 0) is 6.92 Å². The summed E-state index contributed by atoms with van der Waals surface area (Å²) >= 11 is 1.29. The third-order valence-electron chi connectivity index (χ3n) is 2.47. The molecule has 3 N–H and O–H groups in total. The first-order valence-electron chi connectivity index (χ1n) is 5.84. The smallest absolute Gasteiger partial charge is 0.405 e. The van der Waals surface area contributed by atoms with Crippen molar-refractivity contribution < 1.29 is 14.3 Å². The summed E-state index contributed by atoms with van der Waals surface area (Å²) in [4.78, 5) is 26.6. The first kappa shape index (κ1) is 14.0. The van der Waals surface area contributed by atoms with E-state index in [-0.39, 0.29) is 0 Å². The molecule has 6 nitrogen and oxygen atoms in total. The average molecular weight is 291 g/mol. The lowest BCUT2D eigenvalue weighted by Crippen LogP contribution is -2.31. The van der Waals surface area contributed by atoms with E-state index in [1.165, 1.54) is 18.3 Å². The van der Waals surface area contributed by atoms with E-state index in [1.54, 1.807) is 0 Å². The summed E-state index contributed by atoms with van der Waals surface area (Å²) in [5.41, 5.74) is 6.59. The molecule has 1 aromatic heterocycles. The summed E-state index contributed by atoms with van der Waals surface area (Å²) in [5.74, 6) is -0.474. The largest absolute Gasteiger partial charge is 0.437 e. The molecule has 2 amide bonds. The highest BCUT2D eigenvalue weighted by Crippen LogP contribution is 2.24. The van der Waals surface area contributed by atoms with Gasteiger partial charge in [-0.2, -0.15) is 0 Å². The number of carbonyl (C=O) groups is 2. The molecule has 0 radical (unpaired) electrons. The fraction of sp³-hybridized carbons (Fsp3) is 0.154. The Labute approximate surface area is 119 Å². The number of amides is 2. The Kier molecular flexibility index (Phi) is 4.31. The van der Waals surface area contributed by atoms with Gasteiger partial charge in [0, 0.05) is 10.9 Å².